The molecule has 6 atom stereocenters. The van der Waals surface area contributed by atoms with Crippen LogP contribution in [0.5, 0.6) is 5.75 Å². The van der Waals surface area contributed by atoms with Gasteiger partial charge in [0.2, 0.25) is 17.7 Å². The maximum atomic E-state index is 14.4. The van der Waals surface area contributed by atoms with Crippen LogP contribution in [0.3, 0.4) is 0 Å². The molecule has 2 saturated heterocycles. The van der Waals surface area contributed by atoms with E-state index in [4.69, 9.17) is 27.6 Å². The zero-order valence-electron chi connectivity index (χ0n) is 25.7. The van der Waals surface area contributed by atoms with E-state index >= 15 is 0 Å². The smallest absolute Gasteiger partial charge is 0.253 e. The van der Waals surface area contributed by atoms with Crippen LogP contribution in [0.15, 0.2) is 95.5 Å². The largest absolute Gasteiger partial charge is 0.507 e. The summed E-state index contributed by atoms with van der Waals surface area (Å²) >= 11 is 14.5. The van der Waals surface area contributed by atoms with Crippen molar-refractivity contribution in [2.75, 3.05) is 11.9 Å². The average Bonchev–Trinajstić information content (AvgIpc) is 3.67. The first kappa shape index (κ1) is 30.6. The number of halogens is 2. The van der Waals surface area contributed by atoms with Crippen molar-refractivity contribution in [1.29, 1.82) is 0 Å². The highest BCUT2D eigenvalue weighted by Gasteiger charge is 2.76. The van der Waals surface area contributed by atoms with Gasteiger partial charge in [-0.15, -0.1) is 29.8 Å². The number of alkyl halides is 2. The quantitative estimate of drug-likeness (QED) is 0.153. The molecule has 4 aliphatic rings. The van der Waals surface area contributed by atoms with E-state index in [9.17, 15) is 24.3 Å². The molecule has 1 N–H and O–H groups in total. The SMILES string of the molecule is C=CCc1cccc([C@H]2C3=CC[C@@H]4C(=O)N(c5ccc(-c6nc7ccccc7o6)cc5)C(=O)[C@@H]4[C@@H]3C[C@@]3(Cl)C(=O)N(C)C(=O)[C@@]23Cl)c1O. The number of likely N-dealkylation sites (tertiary alicyclic amines) is 1. The number of imide groups is 2. The second-order valence-corrected chi connectivity index (χ2v) is 14.1. The molecule has 48 heavy (non-hydrogen) atoms. The number of para-hydroxylation sites is 3. The van der Waals surface area contributed by atoms with Gasteiger partial charge in [0.1, 0.15) is 11.3 Å². The number of amides is 4. The van der Waals surface area contributed by atoms with E-state index in [0.29, 0.717) is 51.4 Å². The Morgan fingerprint density at radius 2 is 1.73 bits per heavy atom. The van der Waals surface area contributed by atoms with Crippen LogP contribution in [0.4, 0.5) is 5.69 Å². The molecule has 1 saturated carbocycles. The van der Waals surface area contributed by atoms with Gasteiger partial charge in [-0.1, -0.05) is 48.1 Å². The zero-order valence-corrected chi connectivity index (χ0v) is 27.2. The molecule has 3 aromatic carbocycles. The number of phenols is 1. The summed E-state index contributed by atoms with van der Waals surface area (Å²) in [5.74, 6) is -5.15. The predicted octanol–water partition coefficient (Wildman–Crippen LogP) is 6.12. The van der Waals surface area contributed by atoms with Gasteiger partial charge >= 0.3 is 0 Å². The third-order valence-electron chi connectivity index (χ3n) is 10.5. The van der Waals surface area contributed by atoms with Crippen molar-refractivity contribution in [3.63, 3.8) is 0 Å². The number of hydrogen-bond acceptors (Lipinski definition) is 7. The van der Waals surface area contributed by atoms with Gasteiger partial charge in [-0.2, -0.15) is 0 Å². The number of aromatic nitrogens is 1. The van der Waals surface area contributed by atoms with Crippen LogP contribution in [-0.2, 0) is 25.6 Å². The third kappa shape index (κ3) is 3.94. The first-order valence-corrected chi connectivity index (χ1v) is 16.4. The number of hydrogen-bond donors (Lipinski definition) is 1. The topological polar surface area (TPSA) is 121 Å². The van der Waals surface area contributed by atoms with Crippen LogP contribution in [0.25, 0.3) is 22.6 Å². The van der Waals surface area contributed by atoms with Gasteiger partial charge in [0.15, 0.2) is 15.3 Å². The number of carbonyl (C=O) groups is 4. The lowest BCUT2D eigenvalue weighted by Crippen LogP contribution is -2.60. The number of allylic oxidation sites excluding steroid dienone is 3. The number of fused-ring (bicyclic) bond motifs is 5. The van der Waals surface area contributed by atoms with Crippen molar-refractivity contribution in [1.82, 2.24) is 9.88 Å². The molecule has 3 heterocycles. The van der Waals surface area contributed by atoms with Crippen molar-refractivity contribution in [2.24, 2.45) is 17.8 Å². The zero-order chi connectivity index (χ0) is 33.7. The van der Waals surface area contributed by atoms with Crippen LogP contribution < -0.4 is 4.90 Å². The maximum Gasteiger partial charge on any atom is 0.253 e. The van der Waals surface area contributed by atoms with Gasteiger partial charge in [0.05, 0.1) is 17.5 Å². The Kier molecular flexibility index (Phi) is 6.78. The Balaban J connectivity index is 1.19. The molecule has 2 aliphatic heterocycles. The second kappa shape index (κ2) is 10.6. The summed E-state index contributed by atoms with van der Waals surface area (Å²) in [6, 6.07) is 19.4. The highest BCUT2D eigenvalue weighted by molar-refractivity contribution is 6.53. The molecule has 0 unspecified atom stereocenters. The molecular formula is C37H29Cl2N3O6. The highest BCUT2D eigenvalue weighted by atomic mass is 35.5. The molecule has 11 heteroatoms. The van der Waals surface area contributed by atoms with E-state index in [1.807, 2.05) is 30.3 Å². The van der Waals surface area contributed by atoms with Gasteiger partial charge < -0.3 is 9.52 Å². The highest BCUT2D eigenvalue weighted by Crippen LogP contribution is 2.66. The Morgan fingerprint density at radius 3 is 2.46 bits per heavy atom. The van der Waals surface area contributed by atoms with Crippen molar-refractivity contribution in [3.8, 4) is 17.2 Å². The minimum Gasteiger partial charge on any atom is -0.507 e. The van der Waals surface area contributed by atoms with Crippen molar-refractivity contribution < 1.29 is 28.7 Å². The Bertz CT molecular complexity index is 2090. The third-order valence-corrected chi connectivity index (χ3v) is 11.9. The van der Waals surface area contributed by atoms with Crippen LogP contribution in [0.2, 0.25) is 0 Å². The lowest BCUT2D eigenvalue weighted by Gasteiger charge is -2.50. The standard InChI is InChI=1S/C37H29Cl2N3O6/c1-3-7-19-8-6-9-24(30(19)43)29-22-16-17-23-28(25(22)18-36(38)34(46)41(2)35(47)37(29,36)39)33(45)42(32(23)44)21-14-12-20(13-15-21)31-40-26-10-4-5-11-27(26)48-31/h3-6,8-16,23,25,28-29,43H,1,7,17-18H2,2H3/t23-,25+,28-,29+,36+,37-/m0/s1. The van der Waals surface area contributed by atoms with Crippen LogP contribution in [0, 0.1) is 17.8 Å². The van der Waals surface area contributed by atoms with E-state index in [2.05, 4.69) is 11.6 Å². The molecule has 4 amide bonds. The fraction of sp³-hybridized carbons (Fsp3) is 0.270. The van der Waals surface area contributed by atoms with Crippen LogP contribution >= 0.6 is 23.2 Å². The molecule has 1 aromatic heterocycles. The first-order chi connectivity index (χ1) is 23.0. The molecule has 242 valence electrons. The summed E-state index contributed by atoms with van der Waals surface area (Å²) < 4.78 is 5.88. The second-order valence-electron chi connectivity index (χ2n) is 12.9. The summed E-state index contributed by atoms with van der Waals surface area (Å²) in [5, 5.41) is 11.5. The number of anilines is 1. The lowest BCUT2D eigenvalue weighted by atomic mass is 9.56. The number of nitrogens with zero attached hydrogens (tertiary/aromatic N) is 3. The monoisotopic (exact) mass is 681 g/mol. The number of aromatic hydroxyl groups is 1. The number of benzene rings is 3. The Hall–Kier alpha value is -4.73. The summed E-state index contributed by atoms with van der Waals surface area (Å²) in [6.45, 7) is 3.77. The van der Waals surface area contributed by atoms with E-state index in [1.54, 1.807) is 48.5 Å². The molecule has 8 rings (SSSR count). The summed E-state index contributed by atoms with van der Waals surface area (Å²) in [6.07, 6.45) is 3.92. The van der Waals surface area contributed by atoms with Gasteiger partial charge in [0.25, 0.3) is 11.8 Å². The number of oxazole rings is 1. The van der Waals surface area contributed by atoms with Gasteiger partial charge in [0, 0.05) is 24.1 Å². The summed E-state index contributed by atoms with van der Waals surface area (Å²) in [5.41, 5.74) is 3.92. The van der Waals surface area contributed by atoms with Gasteiger partial charge in [-0.05, 0) is 67.1 Å². The molecule has 3 fully saturated rings. The van der Waals surface area contributed by atoms with E-state index in [-0.39, 0.29) is 24.5 Å². The average molecular weight is 683 g/mol. The molecule has 9 nitrogen and oxygen atoms in total. The molecule has 0 spiro atoms. The fourth-order valence-corrected chi connectivity index (χ4v) is 9.27. The number of carbonyl (C=O) groups excluding carboxylic acids is 4. The van der Waals surface area contributed by atoms with Crippen molar-refractivity contribution >= 4 is 63.6 Å². The Labute approximate surface area is 285 Å². The molecule has 4 aromatic rings. The Morgan fingerprint density at radius 1 is 0.979 bits per heavy atom. The number of rotatable bonds is 5. The molecule has 2 aliphatic carbocycles. The summed E-state index contributed by atoms with van der Waals surface area (Å²) in [7, 11) is 1.33. The fourth-order valence-electron chi connectivity index (χ4n) is 8.26. The predicted molar refractivity (Wildman–Crippen MR) is 179 cm³/mol. The van der Waals surface area contributed by atoms with Crippen molar-refractivity contribution in [3.05, 3.63) is 102 Å². The number of phenolic OH excluding ortho intramolecular Hbond substituents is 1. The van der Waals surface area contributed by atoms with Crippen molar-refractivity contribution in [2.45, 2.75) is 34.9 Å². The van der Waals surface area contributed by atoms with Crippen LogP contribution in [-0.4, -0.2) is 55.4 Å². The van der Waals surface area contributed by atoms with E-state index < -0.39 is 51.1 Å². The normalized spacial score (nSPS) is 29.6. The first-order valence-electron chi connectivity index (χ1n) is 15.7. The maximum absolute atomic E-state index is 14.4. The van der Waals surface area contributed by atoms with Crippen LogP contribution in [0.1, 0.15) is 29.9 Å². The minimum atomic E-state index is -1.98. The molecule has 0 bridgehead atoms. The van der Waals surface area contributed by atoms with Gasteiger partial charge in [-0.3, -0.25) is 29.0 Å². The lowest BCUT2D eigenvalue weighted by molar-refractivity contribution is -0.138. The van der Waals surface area contributed by atoms with E-state index in [1.165, 1.54) is 11.9 Å². The van der Waals surface area contributed by atoms with E-state index in [0.717, 1.165) is 4.90 Å². The molecular weight excluding hydrogens is 653 g/mol. The minimum absolute atomic E-state index is 0.0885. The summed E-state index contributed by atoms with van der Waals surface area (Å²) in [4.78, 5) is 58.6. The molecule has 0 radical (unpaired) electrons. The van der Waals surface area contributed by atoms with Gasteiger partial charge in [-0.25, -0.2) is 4.98 Å².